The predicted molar refractivity (Wildman–Crippen MR) is 122 cm³/mol. The lowest BCUT2D eigenvalue weighted by molar-refractivity contribution is 0.388. The summed E-state index contributed by atoms with van der Waals surface area (Å²) in [5.41, 5.74) is 1.72. The molecule has 1 aromatic heterocycles. The predicted octanol–water partition coefficient (Wildman–Crippen LogP) is 3.36. The van der Waals surface area contributed by atoms with E-state index in [0.29, 0.717) is 22.6 Å². The van der Waals surface area contributed by atoms with E-state index in [1.54, 1.807) is 7.11 Å². The number of methoxy groups -OCH3 is 1. The Labute approximate surface area is 188 Å². The van der Waals surface area contributed by atoms with Crippen LogP contribution in [0.3, 0.4) is 0 Å². The highest BCUT2D eigenvalue weighted by atomic mass is 32.1. The number of nitrogens with zero attached hydrogens (tertiary/aromatic N) is 7. The van der Waals surface area contributed by atoms with Crippen LogP contribution in [0.5, 0.6) is 5.75 Å². The molecule has 3 aromatic rings. The second-order valence-corrected chi connectivity index (χ2v) is 8.34. The fourth-order valence-electron chi connectivity index (χ4n) is 3.85. The molecule has 0 saturated carbocycles. The van der Waals surface area contributed by atoms with Crippen molar-refractivity contribution in [3.63, 3.8) is 0 Å². The number of nitriles is 1. The highest BCUT2D eigenvalue weighted by Gasteiger charge is 2.47. The van der Waals surface area contributed by atoms with Crippen LogP contribution < -0.4 is 9.64 Å². The van der Waals surface area contributed by atoms with E-state index in [9.17, 15) is 5.26 Å². The molecule has 0 spiro atoms. The van der Waals surface area contributed by atoms with E-state index in [0.717, 1.165) is 16.1 Å². The number of fused-ring (bicyclic) bond motifs is 1. The number of ether oxygens (including phenoxy) is 1. The monoisotopic (exact) mass is 442 g/mol. The van der Waals surface area contributed by atoms with E-state index in [4.69, 9.17) is 15.1 Å². The lowest BCUT2D eigenvalue weighted by Crippen LogP contribution is -2.48. The van der Waals surface area contributed by atoms with Gasteiger partial charge in [0.25, 0.3) is 0 Å². The van der Waals surface area contributed by atoms with Crippen LogP contribution in [0.1, 0.15) is 22.2 Å². The Hall–Kier alpha value is -4.10. The Morgan fingerprint density at radius 1 is 1.09 bits per heavy atom. The number of amidine groups is 2. The van der Waals surface area contributed by atoms with Crippen LogP contribution in [0.15, 0.2) is 64.6 Å². The molecule has 1 N–H and O–H groups in total. The van der Waals surface area contributed by atoms with Gasteiger partial charge in [-0.3, -0.25) is 15.3 Å². The summed E-state index contributed by atoms with van der Waals surface area (Å²) < 4.78 is 5.28. The first-order chi connectivity index (χ1) is 15.6. The minimum absolute atomic E-state index is 0.143. The molecule has 9 nitrogen and oxygen atoms in total. The summed E-state index contributed by atoms with van der Waals surface area (Å²) in [7, 11) is 1.60. The number of aromatic nitrogens is 2. The van der Waals surface area contributed by atoms with Crippen molar-refractivity contribution >= 4 is 34.1 Å². The minimum Gasteiger partial charge on any atom is -0.497 e. The Balaban J connectivity index is 1.68. The zero-order valence-corrected chi connectivity index (χ0v) is 18.1. The van der Waals surface area contributed by atoms with Gasteiger partial charge in [0, 0.05) is 5.56 Å². The summed E-state index contributed by atoms with van der Waals surface area (Å²) in [5.74, 6) is 1.78. The van der Waals surface area contributed by atoms with Crippen LogP contribution in [0.25, 0.3) is 0 Å². The van der Waals surface area contributed by atoms with Gasteiger partial charge in [0.05, 0.1) is 7.11 Å². The van der Waals surface area contributed by atoms with Crippen molar-refractivity contribution in [3.05, 3.63) is 70.7 Å². The molecule has 0 saturated heterocycles. The van der Waals surface area contributed by atoms with Crippen molar-refractivity contribution in [3.8, 4) is 11.9 Å². The van der Waals surface area contributed by atoms with Crippen molar-refractivity contribution in [1.82, 2.24) is 15.1 Å². The molecule has 2 aliphatic heterocycles. The standard InChI is InChI=1S/C22H18N8OS/c1-13-27-28-22(32-13)30-19(15-6-4-3-5-7-15)25-17-18(14-8-10-16(31-2)11-9-14)29(12-23)21(24)26-20(17)30/h3-11,17-18,24H,1-2H3/t17-,18-/m1/s1. The summed E-state index contributed by atoms with van der Waals surface area (Å²) in [6.07, 6.45) is 2.11. The van der Waals surface area contributed by atoms with Gasteiger partial charge >= 0.3 is 0 Å². The highest BCUT2D eigenvalue weighted by Crippen LogP contribution is 2.38. The lowest BCUT2D eigenvalue weighted by atomic mass is 9.96. The van der Waals surface area contributed by atoms with Crippen LogP contribution in [0.4, 0.5) is 5.13 Å². The third-order valence-electron chi connectivity index (χ3n) is 5.30. The molecule has 2 atom stereocenters. The van der Waals surface area contributed by atoms with Gasteiger partial charge in [-0.1, -0.05) is 53.8 Å². The Kier molecular flexibility index (Phi) is 4.88. The molecular weight excluding hydrogens is 424 g/mol. The van der Waals surface area contributed by atoms with Gasteiger partial charge in [-0.15, -0.1) is 10.2 Å². The maximum Gasteiger partial charge on any atom is 0.233 e. The lowest BCUT2D eigenvalue weighted by Gasteiger charge is -2.34. The summed E-state index contributed by atoms with van der Waals surface area (Å²) in [6, 6.07) is 16.2. The molecule has 32 heavy (non-hydrogen) atoms. The van der Waals surface area contributed by atoms with E-state index in [1.165, 1.54) is 16.2 Å². The van der Waals surface area contributed by atoms with Crippen LogP contribution in [0.2, 0.25) is 0 Å². The summed E-state index contributed by atoms with van der Waals surface area (Å²) in [5, 5.41) is 28.2. The van der Waals surface area contributed by atoms with Gasteiger partial charge in [-0.25, -0.2) is 4.90 Å². The Morgan fingerprint density at radius 2 is 1.84 bits per heavy atom. The average Bonchev–Trinajstić information content (AvgIpc) is 3.42. The normalized spacial score (nSPS) is 19.8. The zero-order valence-electron chi connectivity index (χ0n) is 17.3. The van der Waals surface area contributed by atoms with Crippen molar-refractivity contribution in [2.24, 2.45) is 9.98 Å². The van der Waals surface area contributed by atoms with E-state index >= 15 is 0 Å². The number of hydrogen-bond acceptors (Lipinski definition) is 8. The van der Waals surface area contributed by atoms with Crippen molar-refractivity contribution < 1.29 is 4.74 Å². The summed E-state index contributed by atoms with van der Waals surface area (Å²) in [6.45, 7) is 1.89. The van der Waals surface area contributed by atoms with Gasteiger partial charge in [-0.2, -0.15) is 10.3 Å². The molecule has 158 valence electrons. The Morgan fingerprint density at radius 3 is 2.47 bits per heavy atom. The summed E-state index contributed by atoms with van der Waals surface area (Å²) >= 11 is 1.43. The van der Waals surface area contributed by atoms with Crippen LogP contribution in [0, 0.1) is 23.8 Å². The summed E-state index contributed by atoms with van der Waals surface area (Å²) in [4.78, 5) is 12.6. The van der Waals surface area contributed by atoms with Gasteiger partial charge in [0.15, 0.2) is 6.19 Å². The van der Waals surface area contributed by atoms with E-state index in [-0.39, 0.29) is 5.96 Å². The SMILES string of the molecule is COc1ccc([C@@H]2[C@H]3N=C(c4ccccc4)N(c4nnc(C)s4)C3=NC(=N)N2C#N)cc1. The maximum atomic E-state index is 9.84. The third kappa shape index (κ3) is 3.19. The molecule has 2 aromatic carbocycles. The van der Waals surface area contributed by atoms with Gasteiger partial charge in [0.1, 0.15) is 34.5 Å². The molecule has 10 heteroatoms. The van der Waals surface area contributed by atoms with E-state index in [1.807, 2.05) is 66.4 Å². The fourth-order valence-corrected chi connectivity index (χ4v) is 4.55. The first kappa shape index (κ1) is 19.8. The van der Waals surface area contributed by atoms with Gasteiger partial charge in [0.2, 0.25) is 11.1 Å². The molecule has 2 aliphatic rings. The van der Waals surface area contributed by atoms with E-state index < -0.39 is 12.1 Å². The highest BCUT2D eigenvalue weighted by molar-refractivity contribution is 7.15. The number of anilines is 1. The minimum atomic E-state index is -0.524. The van der Waals surface area contributed by atoms with Crippen molar-refractivity contribution in [2.45, 2.75) is 19.0 Å². The number of rotatable bonds is 4. The molecule has 0 radical (unpaired) electrons. The van der Waals surface area contributed by atoms with Crippen LogP contribution >= 0.6 is 11.3 Å². The number of aliphatic imine (C=N–C) groups is 2. The first-order valence-corrected chi connectivity index (χ1v) is 10.7. The maximum absolute atomic E-state index is 9.84. The topological polar surface area (TPSA) is 114 Å². The second kappa shape index (κ2) is 7.86. The first-order valence-electron chi connectivity index (χ1n) is 9.84. The Bertz CT molecular complexity index is 1280. The second-order valence-electron chi connectivity index (χ2n) is 7.18. The molecule has 3 heterocycles. The van der Waals surface area contributed by atoms with Gasteiger partial charge in [-0.05, 0) is 24.6 Å². The number of benzene rings is 2. The zero-order chi connectivity index (χ0) is 22.2. The molecule has 0 amide bonds. The van der Waals surface area contributed by atoms with Gasteiger partial charge < -0.3 is 4.74 Å². The fraction of sp³-hybridized carbons (Fsp3) is 0.182. The third-order valence-corrected chi connectivity index (χ3v) is 6.12. The number of aryl methyl sites for hydroxylation is 1. The number of guanidine groups is 1. The van der Waals surface area contributed by atoms with Crippen molar-refractivity contribution in [2.75, 3.05) is 12.0 Å². The molecule has 5 rings (SSSR count). The quantitative estimate of drug-likeness (QED) is 0.620. The van der Waals surface area contributed by atoms with E-state index in [2.05, 4.69) is 21.4 Å². The van der Waals surface area contributed by atoms with Crippen LogP contribution in [-0.2, 0) is 0 Å². The molecule has 0 fully saturated rings. The number of nitrogens with one attached hydrogen (secondary N) is 1. The molecular formula is C22H18N8OS. The molecule has 0 bridgehead atoms. The molecule has 0 unspecified atom stereocenters. The average molecular weight is 443 g/mol. The van der Waals surface area contributed by atoms with Crippen LogP contribution in [-0.4, -0.2) is 45.9 Å². The smallest absolute Gasteiger partial charge is 0.233 e. The largest absolute Gasteiger partial charge is 0.497 e. The van der Waals surface area contributed by atoms with Crippen molar-refractivity contribution in [1.29, 1.82) is 10.7 Å². The number of hydrogen-bond donors (Lipinski definition) is 1. The molecule has 0 aliphatic carbocycles.